The maximum Gasteiger partial charge on any atom is 0.251 e. The van der Waals surface area contributed by atoms with Crippen molar-refractivity contribution in [2.24, 2.45) is 11.7 Å². The lowest BCUT2D eigenvalue weighted by atomic mass is 9.95. The van der Waals surface area contributed by atoms with E-state index in [4.69, 9.17) is 5.73 Å². The van der Waals surface area contributed by atoms with Gasteiger partial charge in [-0.3, -0.25) is 4.79 Å². The highest BCUT2D eigenvalue weighted by Crippen LogP contribution is 2.39. The molecule has 3 nitrogen and oxygen atoms in total. The molecule has 0 aliphatic heterocycles. The van der Waals surface area contributed by atoms with E-state index in [1.54, 1.807) is 6.07 Å². The molecular formula is C13H16BrFN2O. The van der Waals surface area contributed by atoms with Crippen molar-refractivity contribution in [2.45, 2.75) is 25.3 Å². The lowest BCUT2D eigenvalue weighted by molar-refractivity contribution is 0.0897. The van der Waals surface area contributed by atoms with Gasteiger partial charge in [-0.05, 0) is 43.9 Å². The number of halogens is 2. The van der Waals surface area contributed by atoms with Crippen molar-refractivity contribution in [2.75, 3.05) is 6.54 Å². The fourth-order valence-electron chi connectivity index (χ4n) is 2.06. The zero-order valence-corrected chi connectivity index (χ0v) is 11.8. The smallest absolute Gasteiger partial charge is 0.251 e. The SMILES string of the molecule is CC(CN)(NC(=O)c1cc(F)cc(Br)c1)C1CC1. The van der Waals surface area contributed by atoms with Crippen LogP contribution in [0.1, 0.15) is 30.1 Å². The number of hydrogen-bond donors (Lipinski definition) is 2. The van der Waals surface area contributed by atoms with Gasteiger partial charge in [0.15, 0.2) is 0 Å². The van der Waals surface area contributed by atoms with E-state index in [1.807, 2.05) is 6.92 Å². The molecule has 5 heteroatoms. The first kappa shape index (κ1) is 13.5. The van der Waals surface area contributed by atoms with E-state index in [2.05, 4.69) is 21.2 Å². The van der Waals surface area contributed by atoms with Crippen molar-refractivity contribution < 1.29 is 9.18 Å². The highest BCUT2D eigenvalue weighted by Gasteiger charge is 2.41. The van der Waals surface area contributed by atoms with Crippen molar-refractivity contribution in [1.82, 2.24) is 5.32 Å². The molecule has 1 atom stereocenters. The van der Waals surface area contributed by atoms with Gasteiger partial charge in [0, 0.05) is 16.6 Å². The van der Waals surface area contributed by atoms with Gasteiger partial charge in [-0.25, -0.2) is 4.39 Å². The highest BCUT2D eigenvalue weighted by molar-refractivity contribution is 9.10. The first-order chi connectivity index (χ1) is 8.44. The van der Waals surface area contributed by atoms with Gasteiger partial charge in [-0.2, -0.15) is 0 Å². The summed E-state index contributed by atoms with van der Waals surface area (Å²) >= 11 is 3.17. The quantitative estimate of drug-likeness (QED) is 0.897. The summed E-state index contributed by atoms with van der Waals surface area (Å²) in [5.41, 5.74) is 5.65. The van der Waals surface area contributed by atoms with Crippen molar-refractivity contribution in [3.8, 4) is 0 Å². The molecule has 0 radical (unpaired) electrons. The second kappa shape index (κ2) is 4.97. The second-order valence-corrected chi connectivity index (χ2v) is 5.92. The van der Waals surface area contributed by atoms with Gasteiger partial charge in [0.2, 0.25) is 0 Å². The van der Waals surface area contributed by atoms with Crippen molar-refractivity contribution in [1.29, 1.82) is 0 Å². The van der Waals surface area contributed by atoms with Gasteiger partial charge in [-0.15, -0.1) is 0 Å². The second-order valence-electron chi connectivity index (χ2n) is 5.01. The van der Waals surface area contributed by atoms with Gasteiger partial charge in [0.05, 0.1) is 5.54 Å². The van der Waals surface area contributed by atoms with Crippen LogP contribution in [0.25, 0.3) is 0 Å². The molecule has 1 aliphatic carbocycles. The minimum atomic E-state index is -0.435. The number of rotatable bonds is 4. The van der Waals surface area contributed by atoms with Crippen LogP contribution >= 0.6 is 15.9 Å². The van der Waals surface area contributed by atoms with Crippen LogP contribution in [0.3, 0.4) is 0 Å². The van der Waals surface area contributed by atoms with Gasteiger partial charge in [-0.1, -0.05) is 15.9 Å². The zero-order valence-electron chi connectivity index (χ0n) is 10.2. The first-order valence-corrected chi connectivity index (χ1v) is 6.72. The van der Waals surface area contributed by atoms with Crippen LogP contribution < -0.4 is 11.1 Å². The third-order valence-electron chi connectivity index (χ3n) is 3.43. The first-order valence-electron chi connectivity index (χ1n) is 5.93. The number of carbonyl (C=O) groups excluding carboxylic acids is 1. The van der Waals surface area contributed by atoms with Gasteiger partial charge < -0.3 is 11.1 Å². The molecule has 1 aromatic carbocycles. The Morgan fingerprint density at radius 3 is 2.72 bits per heavy atom. The van der Waals surface area contributed by atoms with E-state index in [1.165, 1.54) is 12.1 Å². The predicted molar refractivity (Wildman–Crippen MR) is 71.7 cm³/mol. The van der Waals surface area contributed by atoms with Crippen LogP contribution in [0.4, 0.5) is 4.39 Å². The zero-order chi connectivity index (χ0) is 13.3. The number of benzene rings is 1. The largest absolute Gasteiger partial charge is 0.345 e. The maximum absolute atomic E-state index is 13.2. The molecule has 18 heavy (non-hydrogen) atoms. The summed E-state index contributed by atoms with van der Waals surface area (Å²) in [4.78, 5) is 12.1. The molecule has 1 amide bonds. The number of hydrogen-bond acceptors (Lipinski definition) is 2. The molecular weight excluding hydrogens is 299 g/mol. The van der Waals surface area contributed by atoms with E-state index in [0.717, 1.165) is 12.8 Å². The Kier molecular flexibility index (Phi) is 3.73. The molecule has 98 valence electrons. The Morgan fingerprint density at radius 2 is 2.22 bits per heavy atom. The summed E-state index contributed by atoms with van der Waals surface area (Å²) in [7, 11) is 0. The molecule has 0 aromatic heterocycles. The third-order valence-corrected chi connectivity index (χ3v) is 3.88. The number of amides is 1. The summed E-state index contributed by atoms with van der Waals surface area (Å²) in [6.45, 7) is 2.33. The average Bonchev–Trinajstić information content (AvgIpc) is 3.11. The number of nitrogens with two attached hydrogens (primary N) is 1. The summed E-state index contributed by atoms with van der Waals surface area (Å²) in [5, 5.41) is 2.92. The van der Waals surface area contributed by atoms with Crippen LogP contribution in [-0.2, 0) is 0 Å². The van der Waals surface area contributed by atoms with Crippen LogP contribution in [0.5, 0.6) is 0 Å². The Bertz CT molecular complexity index is 456. The fourth-order valence-corrected chi connectivity index (χ4v) is 2.52. The molecule has 2 rings (SSSR count). The minimum Gasteiger partial charge on any atom is -0.345 e. The molecule has 0 saturated heterocycles. The molecule has 1 aliphatic rings. The minimum absolute atomic E-state index is 0.282. The average molecular weight is 315 g/mol. The van der Waals surface area contributed by atoms with Gasteiger partial charge in [0.1, 0.15) is 5.82 Å². The van der Waals surface area contributed by atoms with Crippen LogP contribution in [-0.4, -0.2) is 18.0 Å². The maximum atomic E-state index is 13.2. The monoisotopic (exact) mass is 314 g/mol. The van der Waals surface area contributed by atoms with E-state index in [0.29, 0.717) is 22.5 Å². The fraction of sp³-hybridized carbons (Fsp3) is 0.462. The Hall–Kier alpha value is -0.940. The van der Waals surface area contributed by atoms with E-state index >= 15 is 0 Å². The molecule has 1 fully saturated rings. The lowest BCUT2D eigenvalue weighted by Gasteiger charge is -2.29. The molecule has 3 N–H and O–H groups in total. The Labute approximate surface area is 114 Å². The topological polar surface area (TPSA) is 55.1 Å². The Balaban J connectivity index is 2.16. The lowest BCUT2D eigenvalue weighted by Crippen LogP contribution is -2.53. The molecule has 0 bridgehead atoms. The molecule has 1 saturated carbocycles. The van der Waals surface area contributed by atoms with E-state index < -0.39 is 11.4 Å². The van der Waals surface area contributed by atoms with Gasteiger partial charge >= 0.3 is 0 Å². The van der Waals surface area contributed by atoms with Crippen LogP contribution in [0.2, 0.25) is 0 Å². The van der Waals surface area contributed by atoms with Crippen molar-refractivity contribution in [3.05, 3.63) is 34.1 Å². The molecule has 1 unspecified atom stereocenters. The normalized spacial score (nSPS) is 18.2. The molecule has 0 heterocycles. The van der Waals surface area contributed by atoms with Crippen LogP contribution in [0.15, 0.2) is 22.7 Å². The van der Waals surface area contributed by atoms with Crippen LogP contribution in [0, 0.1) is 11.7 Å². The molecule has 0 spiro atoms. The third kappa shape index (κ3) is 2.90. The predicted octanol–water partition coefficient (Wildman–Crippen LogP) is 2.45. The highest BCUT2D eigenvalue weighted by atomic mass is 79.9. The number of carbonyl (C=O) groups is 1. The Morgan fingerprint density at radius 1 is 1.56 bits per heavy atom. The van der Waals surface area contributed by atoms with E-state index in [9.17, 15) is 9.18 Å². The van der Waals surface area contributed by atoms with Crippen molar-refractivity contribution >= 4 is 21.8 Å². The summed E-state index contributed by atoms with van der Waals surface area (Å²) in [5.74, 6) is -0.283. The number of nitrogens with one attached hydrogen (secondary N) is 1. The summed E-state index contributed by atoms with van der Waals surface area (Å²) < 4.78 is 13.8. The molecule has 1 aromatic rings. The standard InChI is InChI=1S/C13H16BrFN2O/c1-13(7-16,9-2-3-9)17-12(18)8-4-10(14)6-11(15)5-8/h4-6,9H,2-3,7,16H2,1H3,(H,17,18). The van der Waals surface area contributed by atoms with Crippen molar-refractivity contribution in [3.63, 3.8) is 0 Å². The van der Waals surface area contributed by atoms with Gasteiger partial charge in [0.25, 0.3) is 5.91 Å². The summed E-state index contributed by atoms with van der Waals surface area (Å²) in [6, 6.07) is 4.14. The van der Waals surface area contributed by atoms with E-state index in [-0.39, 0.29) is 5.91 Å². The summed E-state index contributed by atoms with van der Waals surface area (Å²) in [6.07, 6.45) is 2.17.